The Labute approximate surface area is 86.5 Å². The number of ether oxygens (including phenoxy) is 1. The molecule has 75 valence electrons. The third kappa shape index (κ3) is 4.23. The van der Waals surface area contributed by atoms with Crippen LogP contribution >= 0.6 is 0 Å². The standard InChI is InChI=1S/C11H15O2Si/c1-10(12)13-9-14(2)8-11-6-4-3-5-7-11/h3-7H,8-9H2,1-2H3. The molecule has 14 heavy (non-hydrogen) atoms. The second-order valence-electron chi connectivity index (χ2n) is 3.40. The quantitative estimate of drug-likeness (QED) is 0.557. The summed E-state index contributed by atoms with van der Waals surface area (Å²) in [6.07, 6.45) is 0.606. The highest BCUT2D eigenvalue weighted by Crippen LogP contribution is 2.02. The van der Waals surface area contributed by atoms with E-state index in [-0.39, 0.29) is 5.97 Å². The van der Waals surface area contributed by atoms with Crippen LogP contribution in [0.4, 0.5) is 0 Å². The highest BCUT2D eigenvalue weighted by molar-refractivity contribution is 6.56. The van der Waals surface area contributed by atoms with Gasteiger partial charge in [-0.15, -0.1) is 0 Å². The van der Waals surface area contributed by atoms with Gasteiger partial charge in [0.1, 0.15) is 0 Å². The Hall–Kier alpha value is -1.09. The summed E-state index contributed by atoms with van der Waals surface area (Å²) in [5, 5.41) is 0. The van der Waals surface area contributed by atoms with E-state index in [2.05, 4.69) is 18.7 Å². The number of benzene rings is 1. The van der Waals surface area contributed by atoms with Crippen molar-refractivity contribution in [2.24, 2.45) is 0 Å². The highest BCUT2D eigenvalue weighted by Gasteiger charge is 2.07. The largest absolute Gasteiger partial charge is 0.470 e. The maximum Gasteiger partial charge on any atom is 0.302 e. The molecular weight excluding hydrogens is 192 g/mol. The molecule has 0 heterocycles. The SMILES string of the molecule is CC(=O)OC[Si](C)Cc1ccccc1. The maximum atomic E-state index is 10.6. The molecular formula is C11H15O2Si. The van der Waals surface area contributed by atoms with Crippen LogP contribution in [0, 0.1) is 0 Å². The lowest BCUT2D eigenvalue weighted by molar-refractivity contribution is -0.139. The minimum atomic E-state index is -0.580. The van der Waals surface area contributed by atoms with Crippen molar-refractivity contribution in [1.82, 2.24) is 0 Å². The first-order valence-electron chi connectivity index (χ1n) is 4.67. The van der Waals surface area contributed by atoms with Crippen LogP contribution in [0.25, 0.3) is 0 Å². The van der Waals surface area contributed by atoms with E-state index in [0.29, 0.717) is 6.23 Å². The summed E-state index contributed by atoms with van der Waals surface area (Å²) < 4.78 is 4.98. The van der Waals surface area contributed by atoms with Gasteiger partial charge in [-0.3, -0.25) is 4.79 Å². The molecule has 0 fully saturated rings. The predicted octanol–water partition coefficient (Wildman–Crippen LogP) is 2.00. The molecule has 0 bridgehead atoms. The van der Waals surface area contributed by atoms with Gasteiger partial charge in [0, 0.05) is 6.92 Å². The lowest BCUT2D eigenvalue weighted by Crippen LogP contribution is -2.21. The van der Waals surface area contributed by atoms with Gasteiger partial charge < -0.3 is 4.74 Å². The van der Waals surface area contributed by atoms with E-state index < -0.39 is 8.80 Å². The minimum Gasteiger partial charge on any atom is -0.470 e. The number of rotatable bonds is 4. The molecule has 0 N–H and O–H groups in total. The summed E-state index contributed by atoms with van der Waals surface area (Å²) >= 11 is 0. The van der Waals surface area contributed by atoms with Crippen LogP contribution in [0.3, 0.4) is 0 Å². The monoisotopic (exact) mass is 207 g/mol. The third-order valence-corrected chi connectivity index (χ3v) is 3.52. The lowest BCUT2D eigenvalue weighted by Gasteiger charge is -2.08. The van der Waals surface area contributed by atoms with Crippen LogP contribution in [-0.4, -0.2) is 21.0 Å². The van der Waals surface area contributed by atoms with E-state index in [1.807, 2.05) is 18.2 Å². The molecule has 0 aliphatic rings. The van der Waals surface area contributed by atoms with Gasteiger partial charge in [-0.1, -0.05) is 42.4 Å². The van der Waals surface area contributed by atoms with Gasteiger partial charge >= 0.3 is 5.97 Å². The average Bonchev–Trinajstić information content (AvgIpc) is 2.16. The molecule has 2 nitrogen and oxygen atoms in total. The zero-order valence-electron chi connectivity index (χ0n) is 8.62. The number of hydrogen-bond acceptors (Lipinski definition) is 2. The number of carbonyl (C=O) groups is 1. The van der Waals surface area contributed by atoms with E-state index in [9.17, 15) is 4.79 Å². The van der Waals surface area contributed by atoms with E-state index in [1.54, 1.807) is 0 Å². The topological polar surface area (TPSA) is 26.3 Å². The van der Waals surface area contributed by atoms with E-state index in [1.165, 1.54) is 12.5 Å². The Morgan fingerprint density at radius 2 is 2.00 bits per heavy atom. The summed E-state index contributed by atoms with van der Waals surface area (Å²) in [4.78, 5) is 10.6. The van der Waals surface area contributed by atoms with Crippen LogP contribution in [0.2, 0.25) is 6.55 Å². The Bertz CT molecular complexity index is 285. The molecule has 0 unspecified atom stereocenters. The first kappa shape index (κ1) is 11.0. The highest BCUT2D eigenvalue weighted by atomic mass is 28.3. The number of hydrogen-bond donors (Lipinski definition) is 0. The molecule has 0 spiro atoms. The van der Waals surface area contributed by atoms with Crippen LogP contribution in [0.5, 0.6) is 0 Å². The van der Waals surface area contributed by atoms with E-state index in [0.717, 1.165) is 6.04 Å². The smallest absolute Gasteiger partial charge is 0.302 e. The van der Waals surface area contributed by atoms with Crippen molar-refractivity contribution in [3.63, 3.8) is 0 Å². The van der Waals surface area contributed by atoms with Crippen LogP contribution in [0.1, 0.15) is 12.5 Å². The van der Waals surface area contributed by atoms with Gasteiger partial charge in [0.2, 0.25) is 0 Å². The molecule has 0 saturated heterocycles. The first-order valence-corrected chi connectivity index (χ1v) is 7.08. The van der Waals surface area contributed by atoms with Crippen LogP contribution in [-0.2, 0) is 15.6 Å². The summed E-state index contributed by atoms with van der Waals surface area (Å²) in [6, 6.07) is 11.4. The van der Waals surface area contributed by atoms with E-state index in [4.69, 9.17) is 4.74 Å². The fraction of sp³-hybridized carbons (Fsp3) is 0.364. The van der Waals surface area contributed by atoms with Crippen LogP contribution in [0.15, 0.2) is 30.3 Å². The normalized spacial score (nSPS) is 10.2. The van der Waals surface area contributed by atoms with Crippen molar-refractivity contribution in [2.45, 2.75) is 19.5 Å². The molecule has 0 aromatic heterocycles. The average molecular weight is 207 g/mol. The Kier molecular flexibility index (Phi) is 4.39. The number of carbonyl (C=O) groups excluding carboxylic acids is 1. The van der Waals surface area contributed by atoms with Gasteiger partial charge in [-0.2, -0.15) is 0 Å². The zero-order chi connectivity index (χ0) is 10.4. The van der Waals surface area contributed by atoms with Gasteiger partial charge in [0.15, 0.2) is 0 Å². The first-order chi connectivity index (χ1) is 6.68. The van der Waals surface area contributed by atoms with Crippen molar-refractivity contribution in [3.05, 3.63) is 35.9 Å². The molecule has 0 amide bonds. The molecule has 0 aliphatic carbocycles. The van der Waals surface area contributed by atoms with Crippen molar-refractivity contribution < 1.29 is 9.53 Å². The van der Waals surface area contributed by atoms with Crippen molar-refractivity contribution in [2.75, 3.05) is 6.23 Å². The van der Waals surface area contributed by atoms with E-state index >= 15 is 0 Å². The molecule has 1 radical (unpaired) electrons. The molecule has 1 rings (SSSR count). The van der Waals surface area contributed by atoms with Gasteiger partial charge in [-0.25, -0.2) is 0 Å². The van der Waals surface area contributed by atoms with Crippen molar-refractivity contribution in [1.29, 1.82) is 0 Å². The fourth-order valence-electron chi connectivity index (χ4n) is 1.22. The van der Waals surface area contributed by atoms with Crippen molar-refractivity contribution in [3.8, 4) is 0 Å². The molecule has 0 aliphatic heterocycles. The molecule has 3 heteroatoms. The Morgan fingerprint density at radius 1 is 1.36 bits per heavy atom. The zero-order valence-corrected chi connectivity index (χ0v) is 9.62. The molecule has 0 saturated carbocycles. The Balaban J connectivity index is 2.34. The summed E-state index contributed by atoms with van der Waals surface area (Å²) in [5.41, 5.74) is 1.33. The summed E-state index contributed by atoms with van der Waals surface area (Å²) in [7, 11) is -0.580. The lowest BCUT2D eigenvalue weighted by atomic mass is 10.2. The van der Waals surface area contributed by atoms with Gasteiger partial charge in [0.25, 0.3) is 0 Å². The van der Waals surface area contributed by atoms with Crippen LogP contribution < -0.4 is 0 Å². The second kappa shape index (κ2) is 5.60. The second-order valence-corrected chi connectivity index (χ2v) is 5.96. The fourth-order valence-corrected chi connectivity index (χ4v) is 2.70. The molecule has 0 atom stereocenters. The van der Waals surface area contributed by atoms with Crippen molar-refractivity contribution >= 4 is 14.8 Å². The van der Waals surface area contributed by atoms with Gasteiger partial charge in [0.05, 0.1) is 15.0 Å². The van der Waals surface area contributed by atoms with Gasteiger partial charge in [-0.05, 0) is 6.04 Å². The maximum absolute atomic E-state index is 10.6. The number of esters is 1. The summed E-state index contributed by atoms with van der Waals surface area (Å²) in [5.74, 6) is -0.178. The molecule has 1 aromatic rings. The predicted molar refractivity (Wildman–Crippen MR) is 58.4 cm³/mol. The summed E-state index contributed by atoms with van der Waals surface area (Å²) in [6.45, 7) is 3.64. The third-order valence-electron chi connectivity index (χ3n) is 1.87. The Morgan fingerprint density at radius 3 is 2.57 bits per heavy atom. The minimum absolute atomic E-state index is 0.178. The molecule has 1 aromatic carbocycles.